The summed E-state index contributed by atoms with van der Waals surface area (Å²) in [7, 11) is 1.78. The SMILES string of the molecule is CCNC(c1cc2cccc(Cl)c2o1)C(OC)C1CC1. The van der Waals surface area contributed by atoms with E-state index >= 15 is 0 Å². The van der Waals surface area contributed by atoms with Gasteiger partial charge in [-0.15, -0.1) is 0 Å². The Bertz CT molecular complexity index is 591. The van der Waals surface area contributed by atoms with Gasteiger partial charge in [0.1, 0.15) is 5.76 Å². The topological polar surface area (TPSA) is 34.4 Å². The van der Waals surface area contributed by atoms with Crippen molar-refractivity contribution in [3.63, 3.8) is 0 Å². The van der Waals surface area contributed by atoms with Crippen molar-refractivity contribution >= 4 is 22.6 Å². The maximum atomic E-state index is 6.20. The molecule has 1 aromatic carbocycles. The molecule has 0 spiro atoms. The number of methoxy groups -OCH3 is 1. The average Bonchev–Trinajstić information content (AvgIpc) is 3.17. The van der Waals surface area contributed by atoms with Crippen LogP contribution in [0, 0.1) is 5.92 Å². The zero-order valence-electron chi connectivity index (χ0n) is 11.9. The second-order valence-corrected chi connectivity index (χ2v) is 5.79. The summed E-state index contributed by atoms with van der Waals surface area (Å²) in [5.74, 6) is 1.54. The van der Waals surface area contributed by atoms with Gasteiger partial charge in [-0.1, -0.05) is 30.7 Å². The lowest BCUT2D eigenvalue weighted by molar-refractivity contribution is 0.0450. The molecule has 1 saturated carbocycles. The van der Waals surface area contributed by atoms with Gasteiger partial charge in [0.2, 0.25) is 0 Å². The normalized spacial score (nSPS) is 18.4. The van der Waals surface area contributed by atoms with Crippen molar-refractivity contribution < 1.29 is 9.15 Å². The van der Waals surface area contributed by atoms with Gasteiger partial charge < -0.3 is 14.5 Å². The van der Waals surface area contributed by atoms with Crippen LogP contribution in [0.3, 0.4) is 0 Å². The molecule has 2 atom stereocenters. The number of rotatable bonds is 6. The fourth-order valence-corrected chi connectivity index (χ4v) is 3.05. The molecule has 1 N–H and O–H groups in total. The fourth-order valence-electron chi connectivity index (χ4n) is 2.82. The molecule has 0 aliphatic heterocycles. The third kappa shape index (κ3) is 2.58. The van der Waals surface area contributed by atoms with Crippen LogP contribution in [0.5, 0.6) is 0 Å². The van der Waals surface area contributed by atoms with Gasteiger partial charge in [0.15, 0.2) is 5.58 Å². The molecule has 1 aliphatic rings. The summed E-state index contributed by atoms with van der Waals surface area (Å²) in [4.78, 5) is 0. The summed E-state index contributed by atoms with van der Waals surface area (Å²) >= 11 is 6.20. The molecule has 1 aliphatic carbocycles. The van der Waals surface area contributed by atoms with Crippen molar-refractivity contribution in [3.8, 4) is 0 Å². The number of nitrogens with one attached hydrogen (secondary N) is 1. The van der Waals surface area contributed by atoms with Crippen molar-refractivity contribution in [1.82, 2.24) is 5.32 Å². The van der Waals surface area contributed by atoms with Crippen LogP contribution >= 0.6 is 11.6 Å². The molecule has 0 radical (unpaired) electrons. The van der Waals surface area contributed by atoms with E-state index in [1.54, 1.807) is 7.11 Å². The largest absolute Gasteiger partial charge is 0.458 e. The quantitative estimate of drug-likeness (QED) is 0.868. The van der Waals surface area contributed by atoms with Crippen LogP contribution in [0.25, 0.3) is 11.0 Å². The first-order valence-corrected chi connectivity index (χ1v) is 7.56. The lowest BCUT2D eigenvalue weighted by atomic mass is 10.0. The summed E-state index contributed by atoms with van der Waals surface area (Å²) in [6, 6.07) is 7.98. The fraction of sp³-hybridized carbons (Fsp3) is 0.500. The summed E-state index contributed by atoms with van der Waals surface area (Å²) in [5.41, 5.74) is 0.762. The van der Waals surface area contributed by atoms with Crippen molar-refractivity contribution in [2.45, 2.75) is 31.9 Å². The van der Waals surface area contributed by atoms with Crippen LogP contribution in [0.1, 0.15) is 31.6 Å². The van der Waals surface area contributed by atoms with E-state index in [4.69, 9.17) is 20.8 Å². The third-order valence-corrected chi connectivity index (χ3v) is 4.23. The van der Waals surface area contributed by atoms with Gasteiger partial charge in [0.05, 0.1) is 17.2 Å². The van der Waals surface area contributed by atoms with E-state index < -0.39 is 0 Å². The predicted molar refractivity (Wildman–Crippen MR) is 81.2 cm³/mol. The summed E-state index contributed by atoms with van der Waals surface area (Å²) < 4.78 is 11.7. The number of hydrogen-bond donors (Lipinski definition) is 1. The van der Waals surface area contributed by atoms with Crippen LogP contribution in [0.4, 0.5) is 0 Å². The zero-order chi connectivity index (χ0) is 14.1. The van der Waals surface area contributed by atoms with E-state index in [-0.39, 0.29) is 12.1 Å². The Morgan fingerprint density at radius 3 is 2.85 bits per heavy atom. The van der Waals surface area contributed by atoms with E-state index in [9.17, 15) is 0 Å². The van der Waals surface area contributed by atoms with Crippen molar-refractivity contribution in [1.29, 1.82) is 0 Å². The van der Waals surface area contributed by atoms with Gasteiger partial charge >= 0.3 is 0 Å². The Morgan fingerprint density at radius 1 is 1.45 bits per heavy atom. The van der Waals surface area contributed by atoms with E-state index in [0.717, 1.165) is 23.3 Å². The molecule has 108 valence electrons. The smallest absolute Gasteiger partial charge is 0.152 e. The van der Waals surface area contributed by atoms with E-state index in [2.05, 4.69) is 18.3 Å². The number of hydrogen-bond acceptors (Lipinski definition) is 3. The molecule has 3 rings (SSSR count). The number of fused-ring (bicyclic) bond motifs is 1. The molecule has 1 fully saturated rings. The molecule has 1 aromatic heterocycles. The highest BCUT2D eigenvalue weighted by molar-refractivity contribution is 6.34. The highest BCUT2D eigenvalue weighted by Gasteiger charge is 2.38. The van der Waals surface area contributed by atoms with Gasteiger partial charge in [0.25, 0.3) is 0 Å². The minimum atomic E-state index is 0.0842. The first-order valence-electron chi connectivity index (χ1n) is 7.18. The number of likely N-dealkylation sites (N-methyl/N-ethyl adjacent to an activating group) is 1. The Kier molecular flexibility index (Phi) is 4.01. The predicted octanol–water partition coefficient (Wildman–Crippen LogP) is 4.16. The average molecular weight is 294 g/mol. The summed E-state index contributed by atoms with van der Waals surface area (Å²) in [6.45, 7) is 2.98. The number of para-hydroxylation sites is 1. The molecule has 1 heterocycles. The number of furan rings is 1. The molecule has 0 bridgehead atoms. The van der Waals surface area contributed by atoms with Crippen LogP contribution < -0.4 is 5.32 Å². The van der Waals surface area contributed by atoms with Gasteiger partial charge in [-0.3, -0.25) is 0 Å². The van der Waals surface area contributed by atoms with Gasteiger partial charge in [-0.2, -0.15) is 0 Å². The van der Waals surface area contributed by atoms with E-state index in [0.29, 0.717) is 10.9 Å². The van der Waals surface area contributed by atoms with Crippen molar-refractivity contribution in [2.24, 2.45) is 5.92 Å². The number of halogens is 1. The third-order valence-electron chi connectivity index (χ3n) is 3.93. The number of ether oxygens (including phenoxy) is 1. The van der Waals surface area contributed by atoms with Crippen molar-refractivity contribution in [3.05, 3.63) is 35.0 Å². The van der Waals surface area contributed by atoms with Gasteiger partial charge in [0, 0.05) is 12.5 Å². The molecule has 0 saturated heterocycles. The molecule has 2 aromatic rings. The maximum Gasteiger partial charge on any atom is 0.152 e. The molecule has 3 nitrogen and oxygen atoms in total. The Hall–Kier alpha value is -1.03. The second-order valence-electron chi connectivity index (χ2n) is 5.38. The minimum Gasteiger partial charge on any atom is -0.458 e. The van der Waals surface area contributed by atoms with Gasteiger partial charge in [-0.05, 0) is 37.4 Å². The van der Waals surface area contributed by atoms with Crippen molar-refractivity contribution in [2.75, 3.05) is 13.7 Å². The lowest BCUT2D eigenvalue weighted by Gasteiger charge is -2.25. The molecular weight excluding hydrogens is 274 g/mol. The molecule has 4 heteroatoms. The summed E-state index contributed by atoms with van der Waals surface area (Å²) in [5, 5.41) is 5.19. The lowest BCUT2D eigenvalue weighted by Crippen LogP contribution is -2.34. The molecule has 0 amide bonds. The number of benzene rings is 1. The highest BCUT2D eigenvalue weighted by atomic mass is 35.5. The van der Waals surface area contributed by atoms with Gasteiger partial charge in [-0.25, -0.2) is 0 Å². The highest BCUT2D eigenvalue weighted by Crippen LogP contribution is 2.41. The van der Waals surface area contributed by atoms with Crippen LogP contribution in [-0.4, -0.2) is 19.8 Å². The molecule has 20 heavy (non-hydrogen) atoms. The Morgan fingerprint density at radius 2 is 2.25 bits per heavy atom. The zero-order valence-corrected chi connectivity index (χ0v) is 12.6. The van der Waals surface area contributed by atoms with E-state index in [1.165, 1.54) is 12.8 Å². The Balaban J connectivity index is 1.97. The first kappa shape index (κ1) is 13.9. The van der Waals surface area contributed by atoms with Crippen LogP contribution in [0.15, 0.2) is 28.7 Å². The molecular formula is C16H20ClNO2. The standard InChI is InChI=1S/C16H20ClNO2/c1-3-18-14(16(19-2)10-7-8-10)13-9-11-5-4-6-12(17)15(11)20-13/h4-6,9-10,14,16,18H,3,7-8H2,1-2H3. The first-order chi connectivity index (χ1) is 9.74. The Labute approximate surface area is 124 Å². The maximum absolute atomic E-state index is 6.20. The molecule has 2 unspecified atom stereocenters. The van der Waals surface area contributed by atoms with E-state index in [1.807, 2.05) is 18.2 Å². The summed E-state index contributed by atoms with van der Waals surface area (Å²) in [6.07, 6.45) is 2.64. The minimum absolute atomic E-state index is 0.0842. The monoisotopic (exact) mass is 293 g/mol. The second kappa shape index (κ2) is 5.76. The van der Waals surface area contributed by atoms with Crippen LogP contribution in [0.2, 0.25) is 5.02 Å². The van der Waals surface area contributed by atoms with Crippen LogP contribution in [-0.2, 0) is 4.74 Å².